The van der Waals surface area contributed by atoms with Crippen molar-refractivity contribution in [2.24, 2.45) is 5.41 Å². The Morgan fingerprint density at radius 2 is 0.969 bits per heavy atom. The van der Waals surface area contributed by atoms with E-state index in [-0.39, 0.29) is 41.0 Å². The molecule has 0 radical (unpaired) electrons. The number of carbonyl (C=O) groups is 3. The van der Waals surface area contributed by atoms with E-state index in [2.05, 4.69) is 66.0 Å². The lowest BCUT2D eigenvalue weighted by Gasteiger charge is -2.56. The summed E-state index contributed by atoms with van der Waals surface area (Å²) in [5.41, 5.74) is -0.896. The van der Waals surface area contributed by atoms with Crippen molar-refractivity contribution in [2.45, 2.75) is 316 Å². The summed E-state index contributed by atoms with van der Waals surface area (Å²) in [4.78, 5) is 40.0. The number of nitrogens with one attached hydrogen (secondary N) is 2. The zero-order valence-corrected chi connectivity index (χ0v) is 44.1. The van der Waals surface area contributed by atoms with Gasteiger partial charge in [0.05, 0.1) is 17.8 Å². The van der Waals surface area contributed by atoms with E-state index in [9.17, 15) is 14.4 Å². The second-order valence-corrected chi connectivity index (χ2v) is 22.0. The lowest BCUT2D eigenvalue weighted by molar-refractivity contribution is -0.147. The monoisotopic (exact) mass is 905 g/mol. The standard InChI is InChI=1S/C56H108N2O6/c1-10-13-15-17-19-21-23-25-27-29-31-33-35-37-39-41-50(59)57-49(45-63-51(60)42-40-38-36-34-32-30-28-26-24-22-20-18-16-14-11-2)52(61)58-55(7)46-54(6,47-55)48-56(8,12-3)64-44-43-53(4,5)62-9/h49H,10-48H2,1-9H3,(H,57,59)(H,58,61). The fraction of sp³-hybridized carbons (Fsp3) is 0.946. The second kappa shape index (κ2) is 36.4. The first-order chi connectivity index (χ1) is 30.6. The number of carbonyl (C=O) groups excluding carboxylic acids is 3. The van der Waals surface area contributed by atoms with Gasteiger partial charge in [-0.25, -0.2) is 0 Å². The van der Waals surface area contributed by atoms with Crippen LogP contribution in [0.15, 0.2) is 0 Å². The number of hydrogen-bond donors (Lipinski definition) is 2. The molecule has 0 aromatic carbocycles. The maximum absolute atomic E-state index is 13.9. The zero-order valence-electron chi connectivity index (χ0n) is 44.1. The van der Waals surface area contributed by atoms with Gasteiger partial charge in [-0.1, -0.05) is 207 Å². The molecule has 0 aliphatic heterocycles. The fourth-order valence-corrected chi connectivity index (χ4v) is 10.3. The molecule has 0 spiro atoms. The number of rotatable bonds is 45. The van der Waals surface area contributed by atoms with Crippen molar-refractivity contribution in [3.05, 3.63) is 0 Å². The highest BCUT2D eigenvalue weighted by atomic mass is 16.5. The summed E-state index contributed by atoms with van der Waals surface area (Å²) < 4.78 is 17.8. The molecule has 2 atom stereocenters. The molecule has 1 aliphatic carbocycles. The van der Waals surface area contributed by atoms with E-state index in [1.807, 2.05) is 0 Å². The van der Waals surface area contributed by atoms with E-state index >= 15 is 0 Å². The van der Waals surface area contributed by atoms with Crippen LogP contribution in [0.1, 0.15) is 293 Å². The Morgan fingerprint density at radius 1 is 0.578 bits per heavy atom. The van der Waals surface area contributed by atoms with Crippen LogP contribution in [0.2, 0.25) is 0 Å². The van der Waals surface area contributed by atoms with Gasteiger partial charge in [-0.2, -0.15) is 0 Å². The third kappa shape index (κ3) is 31.3. The summed E-state index contributed by atoms with van der Waals surface area (Å²) in [6.07, 6.45) is 43.1. The van der Waals surface area contributed by atoms with E-state index in [1.165, 1.54) is 154 Å². The van der Waals surface area contributed by atoms with Gasteiger partial charge in [0, 0.05) is 25.5 Å². The number of unbranched alkanes of at least 4 members (excludes halogenated alkanes) is 28. The molecule has 0 aromatic heterocycles. The minimum absolute atomic E-state index is 0.00949. The Balaban J connectivity index is 2.54. The topological polar surface area (TPSA) is 103 Å². The van der Waals surface area contributed by atoms with Crippen LogP contribution in [-0.4, -0.2) is 60.9 Å². The van der Waals surface area contributed by atoms with Crippen molar-refractivity contribution in [1.29, 1.82) is 0 Å². The highest BCUT2D eigenvalue weighted by Gasteiger charge is 2.52. The molecule has 1 saturated carbocycles. The first-order valence-electron chi connectivity index (χ1n) is 27.6. The van der Waals surface area contributed by atoms with Crippen molar-refractivity contribution in [1.82, 2.24) is 10.6 Å². The molecule has 0 saturated heterocycles. The molecule has 378 valence electrons. The third-order valence-corrected chi connectivity index (χ3v) is 14.4. The zero-order chi connectivity index (χ0) is 47.4. The summed E-state index contributed by atoms with van der Waals surface area (Å²) in [7, 11) is 1.74. The van der Waals surface area contributed by atoms with Crippen molar-refractivity contribution < 1.29 is 28.6 Å². The number of hydrogen-bond acceptors (Lipinski definition) is 6. The summed E-state index contributed by atoms with van der Waals surface area (Å²) in [6, 6.07) is -0.911. The van der Waals surface area contributed by atoms with Crippen molar-refractivity contribution in [3.8, 4) is 0 Å². The van der Waals surface area contributed by atoms with Crippen molar-refractivity contribution in [3.63, 3.8) is 0 Å². The maximum atomic E-state index is 13.9. The quantitative estimate of drug-likeness (QED) is 0.0466. The van der Waals surface area contributed by atoms with E-state index < -0.39 is 11.6 Å². The van der Waals surface area contributed by atoms with Gasteiger partial charge in [-0.15, -0.1) is 0 Å². The molecule has 0 aromatic rings. The van der Waals surface area contributed by atoms with Gasteiger partial charge in [-0.05, 0) is 78.1 Å². The Labute approximate surface area is 397 Å². The Bertz CT molecular complexity index is 1170. The minimum atomic E-state index is -0.911. The molecule has 8 nitrogen and oxygen atoms in total. The normalized spacial score (nSPS) is 18.9. The highest BCUT2D eigenvalue weighted by Crippen LogP contribution is 2.53. The Morgan fingerprint density at radius 3 is 1.36 bits per heavy atom. The predicted molar refractivity (Wildman–Crippen MR) is 271 cm³/mol. The molecule has 64 heavy (non-hydrogen) atoms. The van der Waals surface area contributed by atoms with Gasteiger partial charge in [0.2, 0.25) is 11.8 Å². The number of esters is 1. The number of methoxy groups -OCH3 is 1. The molecule has 1 rings (SSSR count). The van der Waals surface area contributed by atoms with Gasteiger partial charge in [-0.3, -0.25) is 14.4 Å². The van der Waals surface area contributed by atoms with Crippen molar-refractivity contribution in [2.75, 3.05) is 20.3 Å². The third-order valence-electron chi connectivity index (χ3n) is 14.4. The van der Waals surface area contributed by atoms with E-state index in [0.29, 0.717) is 19.4 Å². The number of amides is 2. The molecular weight excluding hydrogens is 797 g/mol. The highest BCUT2D eigenvalue weighted by molar-refractivity contribution is 5.88. The second-order valence-electron chi connectivity index (χ2n) is 22.0. The van der Waals surface area contributed by atoms with Crippen LogP contribution in [0.25, 0.3) is 0 Å². The van der Waals surface area contributed by atoms with Crippen LogP contribution in [-0.2, 0) is 28.6 Å². The van der Waals surface area contributed by atoms with Gasteiger partial charge in [0.25, 0.3) is 0 Å². The molecule has 0 heterocycles. The van der Waals surface area contributed by atoms with Gasteiger partial charge >= 0.3 is 5.97 Å². The van der Waals surface area contributed by atoms with E-state index in [1.54, 1.807) is 7.11 Å². The average Bonchev–Trinajstić information content (AvgIpc) is 3.24. The van der Waals surface area contributed by atoms with Crippen LogP contribution >= 0.6 is 0 Å². The number of ether oxygens (including phenoxy) is 3. The van der Waals surface area contributed by atoms with Gasteiger partial charge < -0.3 is 24.8 Å². The van der Waals surface area contributed by atoms with Crippen LogP contribution < -0.4 is 10.6 Å². The first-order valence-corrected chi connectivity index (χ1v) is 27.6. The molecule has 1 fully saturated rings. The van der Waals surface area contributed by atoms with Crippen LogP contribution in [0, 0.1) is 5.41 Å². The molecule has 0 bridgehead atoms. The van der Waals surface area contributed by atoms with E-state index in [4.69, 9.17) is 14.2 Å². The van der Waals surface area contributed by atoms with Crippen LogP contribution in [0.5, 0.6) is 0 Å². The molecule has 2 amide bonds. The Hall–Kier alpha value is -1.67. The average molecular weight is 905 g/mol. The Kier molecular flexibility index (Phi) is 34.3. The molecule has 2 N–H and O–H groups in total. The smallest absolute Gasteiger partial charge is 0.305 e. The van der Waals surface area contributed by atoms with E-state index in [0.717, 1.165) is 70.6 Å². The molecule has 2 unspecified atom stereocenters. The first kappa shape index (κ1) is 60.3. The summed E-state index contributed by atoms with van der Waals surface area (Å²) in [6.45, 7) is 18.0. The summed E-state index contributed by atoms with van der Waals surface area (Å²) >= 11 is 0. The fourth-order valence-electron chi connectivity index (χ4n) is 10.3. The maximum Gasteiger partial charge on any atom is 0.305 e. The molecular formula is C56H108N2O6. The summed E-state index contributed by atoms with van der Waals surface area (Å²) in [5.74, 6) is -0.714. The lowest BCUT2D eigenvalue weighted by atomic mass is 9.55. The van der Waals surface area contributed by atoms with Gasteiger partial charge in [0.15, 0.2) is 0 Å². The minimum Gasteiger partial charge on any atom is -0.463 e. The largest absolute Gasteiger partial charge is 0.463 e. The predicted octanol–water partition coefficient (Wildman–Crippen LogP) is 15.6. The SMILES string of the molecule is CCCCCCCCCCCCCCCCCC(=O)NC(COC(=O)CCCCCCCCCCCCCCCCC)C(=O)NC1(C)CC(C)(CC(C)(CC)OCCC(C)(C)OC)C1. The van der Waals surface area contributed by atoms with Crippen LogP contribution in [0.3, 0.4) is 0 Å². The lowest BCUT2D eigenvalue weighted by Crippen LogP contribution is -2.64. The van der Waals surface area contributed by atoms with Crippen molar-refractivity contribution >= 4 is 17.8 Å². The van der Waals surface area contributed by atoms with Crippen LogP contribution in [0.4, 0.5) is 0 Å². The molecule has 8 heteroatoms. The summed E-state index contributed by atoms with van der Waals surface area (Å²) in [5, 5.41) is 6.24. The van der Waals surface area contributed by atoms with Gasteiger partial charge in [0.1, 0.15) is 12.6 Å². The molecule has 1 aliphatic rings.